The van der Waals surface area contributed by atoms with Gasteiger partial charge in [0.05, 0.1) is 12.2 Å². The standard InChI is InChI=1S/C12H20O2/c1-4-9-7-10-11(8-9)14-12(5-2,6-3)13-10/h4,9-11H,1,5-8H2,2-3H3/t9?,10-,11+. The lowest BCUT2D eigenvalue weighted by Gasteiger charge is -2.26. The lowest BCUT2D eigenvalue weighted by Crippen LogP contribution is -2.30. The molecule has 2 rings (SSSR count). The zero-order valence-electron chi connectivity index (χ0n) is 9.16. The molecule has 0 bridgehead atoms. The summed E-state index contributed by atoms with van der Waals surface area (Å²) in [5, 5.41) is 0. The quantitative estimate of drug-likeness (QED) is 0.646. The molecule has 2 aliphatic rings. The van der Waals surface area contributed by atoms with Gasteiger partial charge in [-0.25, -0.2) is 0 Å². The molecule has 80 valence electrons. The van der Waals surface area contributed by atoms with Crippen molar-refractivity contribution in [3.05, 3.63) is 12.7 Å². The number of fused-ring (bicyclic) bond motifs is 1. The minimum absolute atomic E-state index is 0.276. The van der Waals surface area contributed by atoms with Gasteiger partial charge in [0.25, 0.3) is 0 Å². The molecule has 0 aromatic rings. The fraction of sp³-hybridized carbons (Fsp3) is 0.833. The van der Waals surface area contributed by atoms with Crippen LogP contribution in [0.3, 0.4) is 0 Å². The molecule has 0 spiro atoms. The molecule has 14 heavy (non-hydrogen) atoms. The Hall–Kier alpha value is -0.340. The highest BCUT2D eigenvalue weighted by atomic mass is 16.8. The van der Waals surface area contributed by atoms with Crippen molar-refractivity contribution in [2.24, 2.45) is 5.92 Å². The summed E-state index contributed by atoms with van der Waals surface area (Å²) in [5.41, 5.74) is 0. The van der Waals surface area contributed by atoms with E-state index in [-0.39, 0.29) is 5.79 Å². The molecule has 1 heterocycles. The zero-order chi connectivity index (χ0) is 10.2. The van der Waals surface area contributed by atoms with E-state index >= 15 is 0 Å². The molecule has 1 saturated carbocycles. The second-order valence-corrected chi connectivity index (χ2v) is 4.40. The van der Waals surface area contributed by atoms with E-state index in [2.05, 4.69) is 20.4 Å². The Morgan fingerprint density at radius 3 is 2.07 bits per heavy atom. The van der Waals surface area contributed by atoms with Crippen LogP contribution in [-0.4, -0.2) is 18.0 Å². The summed E-state index contributed by atoms with van der Waals surface area (Å²) in [6.45, 7) is 8.10. The zero-order valence-corrected chi connectivity index (χ0v) is 9.16. The molecule has 0 radical (unpaired) electrons. The summed E-state index contributed by atoms with van der Waals surface area (Å²) in [7, 11) is 0. The van der Waals surface area contributed by atoms with Crippen LogP contribution < -0.4 is 0 Å². The van der Waals surface area contributed by atoms with Gasteiger partial charge in [0.2, 0.25) is 0 Å². The molecule has 3 atom stereocenters. The fourth-order valence-corrected chi connectivity index (χ4v) is 2.60. The van der Waals surface area contributed by atoms with Crippen molar-refractivity contribution in [2.75, 3.05) is 0 Å². The van der Waals surface area contributed by atoms with Gasteiger partial charge >= 0.3 is 0 Å². The van der Waals surface area contributed by atoms with Crippen LogP contribution in [0.25, 0.3) is 0 Å². The highest BCUT2D eigenvalue weighted by Crippen LogP contribution is 2.43. The lowest BCUT2D eigenvalue weighted by atomic mass is 10.1. The molecule has 0 aromatic heterocycles. The molecule has 0 N–H and O–H groups in total. The topological polar surface area (TPSA) is 18.5 Å². The van der Waals surface area contributed by atoms with E-state index in [1.165, 1.54) is 0 Å². The normalized spacial score (nSPS) is 39.7. The summed E-state index contributed by atoms with van der Waals surface area (Å²) in [6.07, 6.45) is 6.76. The van der Waals surface area contributed by atoms with Crippen LogP contribution in [-0.2, 0) is 9.47 Å². The van der Waals surface area contributed by atoms with Gasteiger partial charge in [-0.05, 0) is 31.6 Å². The first-order valence-electron chi connectivity index (χ1n) is 5.71. The molecule has 2 heteroatoms. The molecule has 1 aliphatic heterocycles. The smallest absolute Gasteiger partial charge is 0.168 e. The van der Waals surface area contributed by atoms with E-state index in [0.717, 1.165) is 25.7 Å². The summed E-state index contributed by atoms with van der Waals surface area (Å²) >= 11 is 0. The van der Waals surface area contributed by atoms with Crippen LogP contribution in [0.5, 0.6) is 0 Å². The van der Waals surface area contributed by atoms with Gasteiger partial charge in [0, 0.05) is 0 Å². The highest BCUT2D eigenvalue weighted by Gasteiger charge is 2.49. The first-order chi connectivity index (χ1) is 6.73. The van der Waals surface area contributed by atoms with E-state index in [4.69, 9.17) is 9.47 Å². The number of hydrogen-bond acceptors (Lipinski definition) is 2. The van der Waals surface area contributed by atoms with E-state index in [1.54, 1.807) is 0 Å². The van der Waals surface area contributed by atoms with Crippen molar-refractivity contribution in [3.8, 4) is 0 Å². The van der Waals surface area contributed by atoms with E-state index in [9.17, 15) is 0 Å². The van der Waals surface area contributed by atoms with Gasteiger partial charge in [-0.15, -0.1) is 6.58 Å². The van der Waals surface area contributed by atoms with Crippen molar-refractivity contribution < 1.29 is 9.47 Å². The van der Waals surface area contributed by atoms with Crippen molar-refractivity contribution in [2.45, 2.75) is 57.5 Å². The maximum atomic E-state index is 6.03. The summed E-state index contributed by atoms with van der Waals surface area (Å²) in [4.78, 5) is 0. The highest BCUT2D eigenvalue weighted by molar-refractivity contribution is 4.98. The minimum atomic E-state index is -0.276. The predicted octanol–water partition coefficient (Wildman–Crippen LogP) is 2.88. The molecule has 2 nitrogen and oxygen atoms in total. The maximum absolute atomic E-state index is 6.03. The van der Waals surface area contributed by atoms with Crippen LogP contribution in [0.2, 0.25) is 0 Å². The van der Waals surface area contributed by atoms with Crippen molar-refractivity contribution in [1.82, 2.24) is 0 Å². The second-order valence-electron chi connectivity index (χ2n) is 4.40. The first kappa shape index (κ1) is 10.2. The third-order valence-corrected chi connectivity index (χ3v) is 3.63. The predicted molar refractivity (Wildman–Crippen MR) is 56.0 cm³/mol. The van der Waals surface area contributed by atoms with Crippen molar-refractivity contribution >= 4 is 0 Å². The van der Waals surface area contributed by atoms with Gasteiger partial charge in [-0.1, -0.05) is 19.9 Å². The average molecular weight is 196 g/mol. The molecule has 0 aromatic carbocycles. The number of ether oxygens (including phenoxy) is 2. The maximum Gasteiger partial charge on any atom is 0.168 e. The number of hydrogen-bond donors (Lipinski definition) is 0. The van der Waals surface area contributed by atoms with Gasteiger partial charge in [0.1, 0.15) is 0 Å². The Morgan fingerprint density at radius 1 is 1.21 bits per heavy atom. The fourth-order valence-electron chi connectivity index (χ4n) is 2.60. The molecular formula is C12H20O2. The summed E-state index contributed by atoms with van der Waals surface area (Å²) in [5.74, 6) is 0.318. The Balaban J connectivity index is 2.01. The Morgan fingerprint density at radius 2 is 1.71 bits per heavy atom. The Kier molecular flexibility index (Phi) is 2.67. The number of rotatable bonds is 3. The van der Waals surface area contributed by atoms with Crippen molar-refractivity contribution in [1.29, 1.82) is 0 Å². The van der Waals surface area contributed by atoms with E-state index < -0.39 is 0 Å². The van der Waals surface area contributed by atoms with Crippen LogP contribution >= 0.6 is 0 Å². The largest absolute Gasteiger partial charge is 0.344 e. The van der Waals surface area contributed by atoms with Gasteiger partial charge in [-0.3, -0.25) is 0 Å². The monoisotopic (exact) mass is 196 g/mol. The van der Waals surface area contributed by atoms with Crippen molar-refractivity contribution in [3.63, 3.8) is 0 Å². The van der Waals surface area contributed by atoms with Crippen LogP contribution in [0.1, 0.15) is 39.5 Å². The molecule has 1 aliphatic carbocycles. The Bertz CT molecular complexity index is 204. The second kappa shape index (κ2) is 3.67. The molecule has 0 amide bonds. The SMILES string of the molecule is C=CC1C[C@@H]2OC(CC)(CC)O[C@@H]2C1. The van der Waals surface area contributed by atoms with Gasteiger partial charge in [-0.2, -0.15) is 0 Å². The van der Waals surface area contributed by atoms with E-state index in [1.807, 2.05) is 6.08 Å². The summed E-state index contributed by atoms with van der Waals surface area (Å²) < 4.78 is 12.1. The third kappa shape index (κ3) is 1.51. The van der Waals surface area contributed by atoms with Gasteiger partial charge in [0.15, 0.2) is 5.79 Å². The molecule has 1 saturated heterocycles. The average Bonchev–Trinajstić information content (AvgIpc) is 2.72. The molecule has 1 unspecified atom stereocenters. The summed E-state index contributed by atoms with van der Waals surface area (Å²) in [6, 6.07) is 0. The first-order valence-corrected chi connectivity index (χ1v) is 5.71. The Labute approximate surface area is 86.3 Å². The minimum Gasteiger partial charge on any atom is -0.344 e. The molecule has 2 fully saturated rings. The third-order valence-electron chi connectivity index (χ3n) is 3.63. The molecular weight excluding hydrogens is 176 g/mol. The lowest BCUT2D eigenvalue weighted by molar-refractivity contribution is -0.184. The number of allylic oxidation sites excluding steroid dienone is 1. The van der Waals surface area contributed by atoms with E-state index in [0.29, 0.717) is 18.1 Å². The van der Waals surface area contributed by atoms with Gasteiger partial charge < -0.3 is 9.47 Å². The van der Waals surface area contributed by atoms with Crippen LogP contribution in [0.4, 0.5) is 0 Å². The van der Waals surface area contributed by atoms with Crippen LogP contribution in [0, 0.1) is 5.92 Å². The van der Waals surface area contributed by atoms with Crippen LogP contribution in [0.15, 0.2) is 12.7 Å².